The fraction of sp³-hybridized carbons (Fsp3) is 0.250. The van der Waals surface area contributed by atoms with Gasteiger partial charge in [0.15, 0.2) is 0 Å². The molecule has 0 unspecified atom stereocenters. The molecule has 1 heterocycles. The maximum atomic E-state index is 3.79. The molecule has 0 aliphatic carbocycles. The number of hydrogen-bond acceptors (Lipinski definition) is 1. The third kappa shape index (κ3) is 0.349. The largest absolute Gasteiger partial charge is 0.288 e. The van der Waals surface area contributed by atoms with E-state index in [-0.39, 0.29) is 0 Å². The van der Waals surface area contributed by atoms with Crippen LogP contribution >= 0.6 is 0 Å². The van der Waals surface area contributed by atoms with Gasteiger partial charge in [0.05, 0.1) is 6.54 Å². The van der Waals surface area contributed by atoms with Gasteiger partial charge < -0.3 is 0 Å². The van der Waals surface area contributed by atoms with Gasteiger partial charge in [-0.1, -0.05) is 0 Å². The summed E-state index contributed by atoms with van der Waals surface area (Å²) in [5.74, 6) is 0. The Hall–Kier alpha value is -0.590. The number of allylic oxidation sites excluding steroid dienone is 1. The van der Waals surface area contributed by atoms with Gasteiger partial charge in [0.2, 0.25) is 0 Å². The molecule has 0 N–H and O–H groups in total. The van der Waals surface area contributed by atoms with E-state index >= 15 is 0 Å². The third-order valence-electron chi connectivity index (χ3n) is 0.480. The van der Waals surface area contributed by atoms with Crippen LogP contribution in [0.1, 0.15) is 0 Å². The van der Waals surface area contributed by atoms with Crippen molar-refractivity contribution in [2.24, 2.45) is 4.99 Å². The van der Waals surface area contributed by atoms with Crippen molar-refractivity contribution in [3.05, 3.63) is 12.2 Å². The van der Waals surface area contributed by atoms with E-state index in [1.165, 1.54) is 0 Å². The minimum atomic E-state index is 0.764. The van der Waals surface area contributed by atoms with E-state index in [0.717, 1.165) is 6.54 Å². The topological polar surface area (TPSA) is 12.4 Å². The molecule has 0 spiro atoms. The molecule has 0 aromatic carbocycles. The lowest BCUT2D eigenvalue weighted by Gasteiger charge is -1.59. The lowest BCUT2D eigenvalue weighted by atomic mass is 10.6. The van der Waals surface area contributed by atoms with Crippen LogP contribution in [0.3, 0.4) is 0 Å². The Morgan fingerprint density at radius 1 is 1.80 bits per heavy atom. The van der Waals surface area contributed by atoms with Crippen LogP contribution in [0, 0.1) is 6.08 Å². The SMILES string of the molecule is [C]1=CC=NC1. The zero-order valence-electron chi connectivity index (χ0n) is 2.81. The van der Waals surface area contributed by atoms with Gasteiger partial charge in [-0.2, -0.15) is 0 Å². The lowest BCUT2D eigenvalue weighted by molar-refractivity contribution is 1.26. The summed E-state index contributed by atoms with van der Waals surface area (Å²) in [4.78, 5) is 3.79. The van der Waals surface area contributed by atoms with Crippen LogP contribution in [0.4, 0.5) is 0 Å². The summed E-state index contributed by atoms with van der Waals surface area (Å²) >= 11 is 0. The highest BCUT2D eigenvalue weighted by Gasteiger charge is 1.73. The Labute approximate surface area is 31.0 Å². The molecule has 0 fully saturated rings. The number of rotatable bonds is 0. The molecule has 1 aliphatic rings. The van der Waals surface area contributed by atoms with Gasteiger partial charge in [-0.05, 0) is 12.2 Å². The maximum Gasteiger partial charge on any atom is 0.0643 e. The smallest absolute Gasteiger partial charge is 0.0643 e. The van der Waals surface area contributed by atoms with Crippen LogP contribution < -0.4 is 0 Å². The van der Waals surface area contributed by atoms with Crippen molar-refractivity contribution < 1.29 is 0 Å². The molecule has 1 nitrogen and oxygen atoms in total. The summed E-state index contributed by atoms with van der Waals surface area (Å²) in [5, 5.41) is 0. The van der Waals surface area contributed by atoms with Gasteiger partial charge in [-0.3, -0.25) is 4.99 Å². The van der Waals surface area contributed by atoms with Gasteiger partial charge in [-0.15, -0.1) is 0 Å². The summed E-state index contributed by atoms with van der Waals surface area (Å²) in [6.07, 6.45) is 6.44. The quantitative estimate of drug-likeness (QED) is 0.389. The second kappa shape index (κ2) is 1.02. The standard InChI is InChI=1S/C4H4N/c1-2-4-5-3-1/h1,3H,4H2. The maximum absolute atomic E-state index is 3.79. The monoisotopic (exact) mass is 66.0 g/mol. The Morgan fingerprint density at radius 2 is 2.80 bits per heavy atom. The highest BCUT2D eigenvalue weighted by atomic mass is 14.7. The minimum Gasteiger partial charge on any atom is -0.288 e. The zero-order chi connectivity index (χ0) is 3.54. The van der Waals surface area contributed by atoms with E-state index in [4.69, 9.17) is 0 Å². The van der Waals surface area contributed by atoms with Crippen molar-refractivity contribution in [3.63, 3.8) is 0 Å². The molecule has 25 valence electrons. The third-order valence-corrected chi connectivity index (χ3v) is 0.480. The molecule has 0 amide bonds. The molecule has 1 aliphatic heterocycles. The second-order valence-electron chi connectivity index (χ2n) is 0.861. The normalized spacial score (nSPS) is 17.6. The van der Waals surface area contributed by atoms with E-state index in [0.29, 0.717) is 0 Å². The first-order chi connectivity index (χ1) is 2.50. The molecule has 0 saturated carbocycles. The van der Waals surface area contributed by atoms with Gasteiger partial charge in [-0.25, -0.2) is 0 Å². The van der Waals surface area contributed by atoms with Gasteiger partial charge >= 0.3 is 0 Å². The van der Waals surface area contributed by atoms with E-state index in [1.807, 2.05) is 6.08 Å². The summed E-state index contributed by atoms with van der Waals surface area (Å²) < 4.78 is 0. The molecular weight excluding hydrogens is 62.1 g/mol. The van der Waals surface area contributed by atoms with Crippen LogP contribution in [0.25, 0.3) is 0 Å². The molecule has 0 aromatic heterocycles. The van der Waals surface area contributed by atoms with E-state index in [1.54, 1.807) is 6.21 Å². The summed E-state index contributed by atoms with van der Waals surface area (Å²) in [6, 6.07) is 0. The Kier molecular flexibility index (Phi) is 0.537. The second-order valence-corrected chi connectivity index (χ2v) is 0.861. The van der Waals surface area contributed by atoms with E-state index in [9.17, 15) is 0 Å². The van der Waals surface area contributed by atoms with Crippen LogP contribution in [0.5, 0.6) is 0 Å². The predicted octanol–water partition coefficient (Wildman–Crippen LogP) is 0.430. The lowest BCUT2D eigenvalue weighted by Crippen LogP contribution is -1.56. The fourth-order valence-corrected chi connectivity index (χ4v) is 0.264. The highest BCUT2D eigenvalue weighted by Crippen LogP contribution is 1.77. The van der Waals surface area contributed by atoms with Crippen molar-refractivity contribution in [1.82, 2.24) is 0 Å². The summed E-state index contributed by atoms with van der Waals surface area (Å²) in [5.41, 5.74) is 0. The highest BCUT2D eigenvalue weighted by molar-refractivity contribution is 5.72. The number of hydrogen-bond donors (Lipinski definition) is 0. The Morgan fingerprint density at radius 3 is 3.00 bits per heavy atom. The van der Waals surface area contributed by atoms with E-state index in [2.05, 4.69) is 11.1 Å². The van der Waals surface area contributed by atoms with Crippen LogP contribution in [0.15, 0.2) is 11.1 Å². The molecule has 1 radical (unpaired) electrons. The van der Waals surface area contributed by atoms with Crippen molar-refractivity contribution in [3.8, 4) is 0 Å². The average molecular weight is 66.1 g/mol. The molecule has 1 rings (SSSR count). The molecule has 0 saturated heterocycles. The number of nitrogens with zero attached hydrogens (tertiary/aromatic N) is 1. The summed E-state index contributed by atoms with van der Waals surface area (Å²) in [7, 11) is 0. The molecule has 5 heavy (non-hydrogen) atoms. The van der Waals surface area contributed by atoms with E-state index < -0.39 is 0 Å². The summed E-state index contributed by atoms with van der Waals surface area (Å²) in [6.45, 7) is 0.764. The average Bonchev–Trinajstić information content (AvgIpc) is 1.76. The van der Waals surface area contributed by atoms with Gasteiger partial charge in [0, 0.05) is 6.21 Å². The van der Waals surface area contributed by atoms with Crippen LogP contribution in [-0.4, -0.2) is 12.8 Å². The van der Waals surface area contributed by atoms with Crippen molar-refractivity contribution >= 4 is 6.21 Å². The van der Waals surface area contributed by atoms with Crippen molar-refractivity contribution in [2.45, 2.75) is 0 Å². The van der Waals surface area contributed by atoms with Gasteiger partial charge in [0.25, 0.3) is 0 Å². The molecule has 0 bridgehead atoms. The van der Waals surface area contributed by atoms with Crippen molar-refractivity contribution in [1.29, 1.82) is 0 Å². The minimum absolute atomic E-state index is 0.764. The first-order valence-corrected chi connectivity index (χ1v) is 1.55. The molecule has 0 atom stereocenters. The molecule has 0 aromatic rings. The first kappa shape index (κ1) is 2.64. The molecular formula is C4H4N. The molecule has 1 heteroatoms. The van der Waals surface area contributed by atoms with Crippen molar-refractivity contribution in [2.75, 3.05) is 6.54 Å². The fourth-order valence-electron chi connectivity index (χ4n) is 0.264. The van der Waals surface area contributed by atoms with Crippen LogP contribution in [0.2, 0.25) is 0 Å². The first-order valence-electron chi connectivity index (χ1n) is 1.55. The Balaban J connectivity index is 2.61. The Bertz CT molecular complexity index is 61.7. The number of aliphatic imine (C=N–C) groups is 1. The zero-order valence-corrected chi connectivity index (χ0v) is 2.81. The van der Waals surface area contributed by atoms with Gasteiger partial charge in [0.1, 0.15) is 0 Å². The predicted molar refractivity (Wildman–Crippen MR) is 21.2 cm³/mol. The van der Waals surface area contributed by atoms with Crippen LogP contribution in [-0.2, 0) is 0 Å².